The van der Waals surface area contributed by atoms with E-state index in [0.29, 0.717) is 15.4 Å². The lowest BCUT2D eigenvalue weighted by Crippen LogP contribution is -2.08. The summed E-state index contributed by atoms with van der Waals surface area (Å²) in [4.78, 5) is 0. The third-order valence-corrected chi connectivity index (χ3v) is 3.10. The molecule has 0 aliphatic rings. The molecule has 1 aromatic carbocycles. The third kappa shape index (κ3) is 3.79. The lowest BCUT2D eigenvalue weighted by atomic mass is 10.0. The number of phenolic OH excluding ortho intramolecular Hbond substituents is 1. The zero-order chi connectivity index (χ0) is 10.7. The molecule has 0 radical (unpaired) electrons. The molecule has 0 spiro atoms. The standard InChI is InChI=1S/C10H11Br2NO.ClH/c1-2-3-9(13)6-4-7(11)10(14)8(12)5-6;/h2,4-5,9,14H,1,3,13H2;1H/t9-;/m0./s1. The second kappa shape index (κ2) is 6.53. The van der Waals surface area contributed by atoms with E-state index in [4.69, 9.17) is 5.73 Å². The van der Waals surface area contributed by atoms with Crippen LogP contribution in [-0.4, -0.2) is 5.11 Å². The van der Waals surface area contributed by atoms with E-state index >= 15 is 0 Å². The normalized spacial score (nSPS) is 11.7. The van der Waals surface area contributed by atoms with Gasteiger partial charge in [0, 0.05) is 6.04 Å². The van der Waals surface area contributed by atoms with Crippen molar-refractivity contribution in [3.63, 3.8) is 0 Å². The van der Waals surface area contributed by atoms with Crippen LogP contribution >= 0.6 is 44.3 Å². The number of halogens is 3. The van der Waals surface area contributed by atoms with E-state index in [1.54, 1.807) is 6.08 Å². The van der Waals surface area contributed by atoms with Crippen molar-refractivity contribution >= 4 is 44.3 Å². The maximum atomic E-state index is 9.49. The molecule has 0 saturated carbocycles. The van der Waals surface area contributed by atoms with Crippen molar-refractivity contribution in [3.8, 4) is 5.75 Å². The Balaban J connectivity index is 0.00000196. The molecular weight excluding hydrogens is 345 g/mol. The Kier molecular flexibility index (Phi) is 6.52. The van der Waals surface area contributed by atoms with Crippen LogP contribution in [0.1, 0.15) is 18.0 Å². The summed E-state index contributed by atoms with van der Waals surface area (Å²) in [5, 5.41) is 9.49. The summed E-state index contributed by atoms with van der Waals surface area (Å²) in [6.45, 7) is 3.64. The average molecular weight is 357 g/mol. The number of nitrogens with two attached hydrogens (primary N) is 1. The summed E-state index contributed by atoms with van der Waals surface area (Å²) >= 11 is 6.51. The number of hydrogen-bond donors (Lipinski definition) is 2. The topological polar surface area (TPSA) is 46.2 Å². The zero-order valence-corrected chi connectivity index (χ0v) is 11.9. The molecule has 0 heterocycles. The molecule has 15 heavy (non-hydrogen) atoms. The van der Waals surface area contributed by atoms with Crippen LogP contribution < -0.4 is 5.73 Å². The smallest absolute Gasteiger partial charge is 0.143 e. The molecule has 1 atom stereocenters. The highest BCUT2D eigenvalue weighted by atomic mass is 79.9. The highest BCUT2D eigenvalue weighted by molar-refractivity contribution is 9.11. The minimum absolute atomic E-state index is 0. The minimum Gasteiger partial charge on any atom is -0.506 e. The summed E-state index contributed by atoms with van der Waals surface area (Å²) < 4.78 is 1.28. The van der Waals surface area contributed by atoms with Gasteiger partial charge in [-0.25, -0.2) is 0 Å². The lowest BCUT2D eigenvalue weighted by molar-refractivity contribution is 0.468. The van der Waals surface area contributed by atoms with Crippen molar-refractivity contribution in [1.82, 2.24) is 0 Å². The first-order valence-corrected chi connectivity index (χ1v) is 5.69. The van der Waals surface area contributed by atoms with Crippen LogP contribution in [0.15, 0.2) is 33.7 Å². The molecule has 3 N–H and O–H groups in total. The number of hydrogen-bond acceptors (Lipinski definition) is 2. The Bertz CT molecular complexity index is 334. The predicted octanol–water partition coefficient (Wildman–Crippen LogP) is 3.91. The second-order valence-electron chi connectivity index (χ2n) is 2.96. The highest BCUT2D eigenvalue weighted by Crippen LogP contribution is 2.35. The largest absolute Gasteiger partial charge is 0.506 e. The molecule has 0 bridgehead atoms. The number of rotatable bonds is 3. The third-order valence-electron chi connectivity index (χ3n) is 1.89. The summed E-state index contributed by atoms with van der Waals surface area (Å²) in [5.74, 6) is 0.194. The fourth-order valence-electron chi connectivity index (χ4n) is 1.11. The Morgan fingerprint density at radius 1 is 1.40 bits per heavy atom. The molecule has 5 heteroatoms. The van der Waals surface area contributed by atoms with E-state index in [1.165, 1.54) is 0 Å². The van der Waals surface area contributed by atoms with Gasteiger partial charge >= 0.3 is 0 Å². The SMILES string of the molecule is C=CC[C@H](N)c1cc(Br)c(O)c(Br)c1.Cl. The fraction of sp³-hybridized carbons (Fsp3) is 0.200. The molecule has 0 aliphatic heterocycles. The second-order valence-corrected chi connectivity index (χ2v) is 4.67. The number of phenols is 1. The van der Waals surface area contributed by atoms with Crippen LogP contribution in [0, 0.1) is 0 Å². The van der Waals surface area contributed by atoms with Crippen LogP contribution in [0.2, 0.25) is 0 Å². The van der Waals surface area contributed by atoms with Gasteiger partial charge in [0.1, 0.15) is 5.75 Å². The van der Waals surface area contributed by atoms with Crippen molar-refractivity contribution in [1.29, 1.82) is 0 Å². The van der Waals surface area contributed by atoms with Crippen LogP contribution in [0.4, 0.5) is 0 Å². The van der Waals surface area contributed by atoms with E-state index in [9.17, 15) is 5.11 Å². The van der Waals surface area contributed by atoms with Gasteiger partial charge in [-0.3, -0.25) is 0 Å². The van der Waals surface area contributed by atoms with Gasteiger partial charge in [0.15, 0.2) is 0 Å². The summed E-state index contributed by atoms with van der Waals surface area (Å²) in [6, 6.07) is 3.54. The van der Waals surface area contributed by atoms with E-state index < -0.39 is 0 Å². The fourth-order valence-corrected chi connectivity index (χ4v) is 2.34. The summed E-state index contributed by atoms with van der Waals surface area (Å²) in [5.41, 5.74) is 6.86. The van der Waals surface area contributed by atoms with E-state index in [2.05, 4.69) is 38.4 Å². The number of benzene rings is 1. The first kappa shape index (κ1) is 15.0. The van der Waals surface area contributed by atoms with E-state index in [1.807, 2.05) is 12.1 Å². The average Bonchev–Trinajstić information content (AvgIpc) is 2.13. The van der Waals surface area contributed by atoms with Crippen LogP contribution in [0.3, 0.4) is 0 Å². The molecular formula is C10H12Br2ClNO. The zero-order valence-electron chi connectivity index (χ0n) is 7.91. The van der Waals surface area contributed by atoms with Gasteiger partial charge in [-0.15, -0.1) is 19.0 Å². The first-order chi connectivity index (χ1) is 6.56. The Hall–Kier alpha value is -0.0300. The molecule has 0 aliphatic carbocycles. The van der Waals surface area contributed by atoms with Gasteiger partial charge in [-0.05, 0) is 56.0 Å². The summed E-state index contributed by atoms with van der Waals surface area (Å²) in [6.07, 6.45) is 2.49. The van der Waals surface area contributed by atoms with Crippen molar-refractivity contribution < 1.29 is 5.11 Å². The maximum Gasteiger partial charge on any atom is 0.143 e. The predicted molar refractivity (Wildman–Crippen MR) is 72.5 cm³/mol. The van der Waals surface area contributed by atoms with Crippen molar-refractivity contribution in [2.45, 2.75) is 12.5 Å². The molecule has 0 aromatic heterocycles. The van der Waals surface area contributed by atoms with Crippen LogP contribution in [0.25, 0.3) is 0 Å². The van der Waals surface area contributed by atoms with Crippen molar-refractivity contribution in [3.05, 3.63) is 39.3 Å². The molecule has 1 rings (SSSR count). The molecule has 0 amide bonds. The quantitative estimate of drug-likeness (QED) is 0.806. The van der Waals surface area contributed by atoms with Gasteiger partial charge in [-0.2, -0.15) is 0 Å². The Morgan fingerprint density at radius 3 is 2.27 bits per heavy atom. The van der Waals surface area contributed by atoms with Crippen molar-refractivity contribution in [2.24, 2.45) is 5.73 Å². The van der Waals surface area contributed by atoms with Gasteiger partial charge in [0.25, 0.3) is 0 Å². The molecule has 0 saturated heterocycles. The van der Waals surface area contributed by atoms with Gasteiger partial charge in [-0.1, -0.05) is 6.08 Å². The Labute approximate surface area is 112 Å². The van der Waals surface area contributed by atoms with E-state index in [-0.39, 0.29) is 24.2 Å². The molecule has 2 nitrogen and oxygen atoms in total. The molecule has 0 fully saturated rings. The molecule has 84 valence electrons. The van der Waals surface area contributed by atoms with Gasteiger partial charge in [0.2, 0.25) is 0 Å². The molecule has 1 aromatic rings. The first-order valence-electron chi connectivity index (χ1n) is 4.10. The monoisotopic (exact) mass is 355 g/mol. The van der Waals surface area contributed by atoms with Crippen LogP contribution in [-0.2, 0) is 0 Å². The highest BCUT2D eigenvalue weighted by Gasteiger charge is 2.10. The lowest BCUT2D eigenvalue weighted by Gasteiger charge is -2.11. The summed E-state index contributed by atoms with van der Waals surface area (Å²) in [7, 11) is 0. The minimum atomic E-state index is -0.0827. The molecule has 0 unspecified atom stereocenters. The van der Waals surface area contributed by atoms with E-state index in [0.717, 1.165) is 5.56 Å². The maximum absolute atomic E-state index is 9.49. The number of aromatic hydroxyl groups is 1. The van der Waals surface area contributed by atoms with Crippen molar-refractivity contribution in [2.75, 3.05) is 0 Å². The Morgan fingerprint density at radius 2 is 1.87 bits per heavy atom. The van der Waals surface area contributed by atoms with Gasteiger partial charge in [0.05, 0.1) is 8.95 Å². The van der Waals surface area contributed by atoms with Crippen LogP contribution in [0.5, 0.6) is 5.75 Å². The van der Waals surface area contributed by atoms with Gasteiger partial charge < -0.3 is 10.8 Å².